The molecule has 2 unspecified atom stereocenters. The van der Waals surface area contributed by atoms with Crippen LogP contribution in [0.15, 0.2) is 29.2 Å². The molecular weight excluding hydrogens is 300 g/mol. The summed E-state index contributed by atoms with van der Waals surface area (Å²) < 4.78 is 24.4. The highest BCUT2D eigenvalue weighted by Gasteiger charge is 2.65. The van der Waals surface area contributed by atoms with E-state index in [1.807, 2.05) is 0 Å². The smallest absolute Gasteiger partial charge is 0.307 e. The number of rotatable bonds is 5. The van der Waals surface area contributed by atoms with Gasteiger partial charge < -0.3 is 10.4 Å². The van der Waals surface area contributed by atoms with Crippen LogP contribution >= 0.6 is 11.8 Å². The normalized spacial score (nSPS) is 22.9. The molecule has 1 aliphatic carbocycles. The molecule has 0 heterocycles. The molecule has 1 aliphatic rings. The fourth-order valence-electron chi connectivity index (χ4n) is 2.53. The summed E-state index contributed by atoms with van der Waals surface area (Å²) in [6, 6.07) is 6.01. The zero-order chi connectivity index (χ0) is 15.8. The topological polar surface area (TPSA) is 66.4 Å². The first-order chi connectivity index (χ1) is 9.73. The molecule has 7 heteroatoms. The van der Waals surface area contributed by atoms with E-state index in [0.29, 0.717) is 22.3 Å². The molecule has 0 saturated heterocycles. The largest absolute Gasteiger partial charge is 0.481 e. The third-order valence-corrected chi connectivity index (χ3v) is 4.45. The summed E-state index contributed by atoms with van der Waals surface area (Å²) in [7, 11) is 0. The van der Waals surface area contributed by atoms with Gasteiger partial charge in [0.05, 0.1) is 11.8 Å². The van der Waals surface area contributed by atoms with Gasteiger partial charge in [-0.2, -0.15) is 8.78 Å². The minimum atomic E-state index is -2.49. The number of aliphatic carboxylic acids is 1. The van der Waals surface area contributed by atoms with Crippen LogP contribution in [0.25, 0.3) is 0 Å². The number of alkyl halides is 2. The number of thioether (sulfide) groups is 1. The molecule has 0 spiro atoms. The van der Waals surface area contributed by atoms with Crippen LogP contribution in [0.1, 0.15) is 13.8 Å². The van der Waals surface area contributed by atoms with Crippen LogP contribution in [0.5, 0.6) is 0 Å². The van der Waals surface area contributed by atoms with E-state index < -0.39 is 29.0 Å². The SMILES string of the molecule is CC1(C)C(C(=O)O)C1C(=O)Nc1ccc(SC(F)F)cc1. The van der Waals surface area contributed by atoms with Crippen LogP contribution in [-0.4, -0.2) is 22.7 Å². The summed E-state index contributed by atoms with van der Waals surface area (Å²) in [5.74, 6) is -5.10. The molecule has 1 aromatic rings. The van der Waals surface area contributed by atoms with Crippen LogP contribution in [0.4, 0.5) is 14.5 Å². The van der Waals surface area contributed by atoms with Crippen LogP contribution in [0, 0.1) is 17.3 Å². The van der Waals surface area contributed by atoms with Gasteiger partial charge >= 0.3 is 5.97 Å². The van der Waals surface area contributed by atoms with Crippen LogP contribution in [0.3, 0.4) is 0 Å². The number of nitrogens with one attached hydrogen (secondary N) is 1. The second-order valence-electron chi connectivity index (χ2n) is 5.51. The summed E-state index contributed by atoms with van der Waals surface area (Å²) in [5.41, 5.74) is -0.105. The van der Waals surface area contributed by atoms with Crippen molar-refractivity contribution >= 4 is 29.3 Å². The highest BCUT2D eigenvalue weighted by Crippen LogP contribution is 2.58. The number of amides is 1. The minimum Gasteiger partial charge on any atom is -0.481 e. The second kappa shape index (κ2) is 5.63. The van der Waals surface area contributed by atoms with Crippen molar-refractivity contribution in [2.45, 2.75) is 24.5 Å². The highest BCUT2D eigenvalue weighted by atomic mass is 32.2. The molecule has 1 aromatic carbocycles. The average Bonchev–Trinajstić information content (AvgIpc) is 2.94. The lowest BCUT2D eigenvalue weighted by Crippen LogP contribution is -2.17. The van der Waals surface area contributed by atoms with Gasteiger partial charge in [-0.3, -0.25) is 9.59 Å². The fourth-order valence-corrected chi connectivity index (χ4v) is 3.03. The number of carboxylic acids is 1. The van der Waals surface area contributed by atoms with Gasteiger partial charge in [-0.25, -0.2) is 0 Å². The number of hydrogen-bond acceptors (Lipinski definition) is 3. The van der Waals surface area contributed by atoms with E-state index >= 15 is 0 Å². The Morgan fingerprint density at radius 3 is 2.24 bits per heavy atom. The first kappa shape index (κ1) is 15.8. The van der Waals surface area contributed by atoms with Crippen molar-refractivity contribution in [3.8, 4) is 0 Å². The number of carboxylic acid groups (broad SMARTS) is 1. The maximum Gasteiger partial charge on any atom is 0.307 e. The van der Waals surface area contributed by atoms with E-state index in [1.165, 1.54) is 24.3 Å². The molecule has 1 fully saturated rings. The van der Waals surface area contributed by atoms with Gasteiger partial charge in [-0.1, -0.05) is 25.6 Å². The number of halogens is 2. The van der Waals surface area contributed by atoms with Gasteiger partial charge in [0.1, 0.15) is 0 Å². The van der Waals surface area contributed by atoms with E-state index in [0.717, 1.165) is 0 Å². The van der Waals surface area contributed by atoms with Crippen molar-refractivity contribution in [1.82, 2.24) is 0 Å². The Morgan fingerprint density at radius 2 is 1.81 bits per heavy atom. The van der Waals surface area contributed by atoms with Crippen LogP contribution < -0.4 is 5.32 Å². The molecule has 2 rings (SSSR count). The molecule has 2 atom stereocenters. The lowest BCUT2D eigenvalue weighted by Gasteiger charge is -2.07. The van der Waals surface area contributed by atoms with E-state index in [1.54, 1.807) is 13.8 Å². The quantitative estimate of drug-likeness (QED) is 0.818. The Kier molecular flexibility index (Phi) is 4.22. The standard InChI is InChI=1S/C14H15F2NO3S/c1-14(2)9(10(14)12(19)20)11(18)17-7-3-5-8(6-4-7)21-13(15)16/h3-6,9-10,13H,1-2H3,(H,17,18)(H,19,20). The van der Waals surface area contributed by atoms with Crippen molar-refractivity contribution in [2.75, 3.05) is 5.32 Å². The first-order valence-electron chi connectivity index (χ1n) is 6.32. The van der Waals surface area contributed by atoms with E-state index in [4.69, 9.17) is 5.11 Å². The highest BCUT2D eigenvalue weighted by molar-refractivity contribution is 7.99. The van der Waals surface area contributed by atoms with Gasteiger partial charge in [0.15, 0.2) is 0 Å². The number of carbonyl (C=O) groups is 2. The van der Waals surface area contributed by atoms with Crippen LogP contribution in [-0.2, 0) is 9.59 Å². The van der Waals surface area contributed by atoms with E-state index in [2.05, 4.69) is 5.32 Å². The molecule has 4 nitrogen and oxygen atoms in total. The third kappa shape index (κ3) is 3.34. The van der Waals surface area contributed by atoms with E-state index in [9.17, 15) is 18.4 Å². The molecule has 1 amide bonds. The predicted molar refractivity (Wildman–Crippen MR) is 75.3 cm³/mol. The Hall–Kier alpha value is -1.63. The Bertz CT molecular complexity index is 560. The maximum absolute atomic E-state index is 12.2. The minimum absolute atomic E-state index is 0.360. The Morgan fingerprint density at radius 1 is 1.24 bits per heavy atom. The van der Waals surface area contributed by atoms with Crippen molar-refractivity contribution < 1.29 is 23.5 Å². The molecule has 2 N–H and O–H groups in total. The van der Waals surface area contributed by atoms with Gasteiger partial charge in [-0.05, 0) is 29.7 Å². The zero-order valence-corrected chi connectivity index (χ0v) is 12.3. The monoisotopic (exact) mass is 315 g/mol. The molecule has 21 heavy (non-hydrogen) atoms. The molecule has 114 valence electrons. The lowest BCUT2D eigenvalue weighted by atomic mass is 10.1. The van der Waals surface area contributed by atoms with Crippen LogP contribution in [0.2, 0.25) is 0 Å². The van der Waals surface area contributed by atoms with Gasteiger partial charge in [0.25, 0.3) is 5.76 Å². The Labute approximate surface area is 124 Å². The predicted octanol–water partition coefficient (Wildman–Crippen LogP) is 3.30. The summed E-state index contributed by atoms with van der Waals surface area (Å²) in [4.78, 5) is 23.5. The third-order valence-electron chi connectivity index (χ3n) is 3.72. The van der Waals surface area contributed by atoms with Crippen molar-refractivity contribution in [1.29, 1.82) is 0 Å². The number of hydrogen-bond donors (Lipinski definition) is 2. The summed E-state index contributed by atoms with van der Waals surface area (Å²) in [6.07, 6.45) is 0. The summed E-state index contributed by atoms with van der Waals surface area (Å²) >= 11 is 0.425. The first-order valence-corrected chi connectivity index (χ1v) is 7.20. The molecule has 0 radical (unpaired) electrons. The number of anilines is 1. The number of benzene rings is 1. The van der Waals surface area contributed by atoms with Gasteiger partial charge in [-0.15, -0.1) is 0 Å². The fraction of sp³-hybridized carbons (Fsp3) is 0.429. The van der Waals surface area contributed by atoms with Crippen molar-refractivity contribution in [3.63, 3.8) is 0 Å². The second-order valence-corrected chi connectivity index (χ2v) is 6.57. The Balaban J connectivity index is 1.99. The molecular formula is C14H15F2NO3S. The van der Waals surface area contributed by atoms with Gasteiger partial charge in [0, 0.05) is 10.6 Å². The van der Waals surface area contributed by atoms with Gasteiger partial charge in [0.2, 0.25) is 5.91 Å². The number of carbonyl (C=O) groups excluding carboxylic acids is 1. The zero-order valence-electron chi connectivity index (χ0n) is 11.5. The summed E-state index contributed by atoms with van der Waals surface area (Å²) in [6.45, 7) is 3.47. The maximum atomic E-state index is 12.2. The molecule has 0 aromatic heterocycles. The molecule has 1 saturated carbocycles. The van der Waals surface area contributed by atoms with Crippen molar-refractivity contribution in [2.24, 2.45) is 17.3 Å². The van der Waals surface area contributed by atoms with E-state index in [-0.39, 0.29) is 5.91 Å². The average molecular weight is 315 g/mol. The van der Waals surface area contributed by atoms with Crippen molar-refractivity contribution in [3.05, 3.63) is 24.3 Å². The molecule has 0 bridgehead atoms. The lowest BCUT2D eigenvalue weighted by molar-refractivity contribution is -0.140. The molecule has 0 aliphatic heterocycles. The summed E-state index contributed by atoms with van der Waals surface area (Å²) in [5, 5.41) is 11.7.